The lowest BCUT2D eigenvalue weighted by Gasteiger charge is -2.31. The van der Waals surface area contributed by atoms with Crippen molar-refractivity contribution in [3.63, 3.8) is 0 Å². The van der Waals surface area contributed by atoms with Crippen molar-refractivity contribution in [3.05, 3.63) is 0 Å². The van der Waals surface area contributed by atoms with Gasteiger partial charge in [-0.15, -0.1) is 0 Å². The average molecular weight is 305 g/mol. The van der Waals surface area contributed by atoms with Crippen LogP contribution in [0.25, 0.3) is 0 Å². The first-order valence-corrected chi connectivity index (χ1v) is 9.29. The summed E-state index contributed by atoms with van der Waals surface area (Å²) in [6.07, 6.45) is 3.52. The van der Waals surface area contributed by atoms with Crippen LogP contribution in [0.1, 0.15) is 67.2 Å². The van der Waals surface area contributed by atoms with Crippen LogP contribution >= 0.6 is 0 Å². The van der Waals surface area contributed by atoms with Crippen LogP contribution in [0.4, 0.5) is 0 Å². The minimum atomic E-state index is -3.15. The normalized spacial score (nSPS) is 19.1. The molecule has 1 aliphatic carbocycles. The summed E-state index contributed by atoms with van der Waals surface area (Å²) in [7, 11) is -3.15. The highest BCUT2D eigenvalue weighted by Crippen LogP contribution is 2.50. The molecule has 1 fully saturated rings. The molecule has 4 nitrogen and oxygen atoms in total. The molecule has 5 heteroatoms. The molecule has 1 saturated carbocycles. The first kappa shape index (κ1) is 17.9. The maximum Gasteiger partial charge on any atom is 0.212 e. The van der Waals surface area contributed by atoms with Gasteiger partial charge in [-0.3, -0.25) is 0 Å². The molecule has 20 heavy (non-hydrogen) atoms. The zero-order chi connectivity index (χ0) is 15.7. The van der Waals surface area contributed by atoms with Gasteiger partial charge >= 0.3 is 0 Å². The third kappa shape index (κ3) is 5.70. The lowest BCUT2D eigenvalue weighted by atomic mass is 9.85. The van der Waals surface area contributed by atoms with E-state index in [0.717, 1.165) is 25.8 Å². The molecule has 0 aliphatic heterocycles. The van der Waals surface area contributed by atoms with Crippen molar-refractivity contribution in [2.45, 2.75) is 78.3 Å². The fourth-order valence-electron chi connectivity index (χ4n) is 2.36. The Morgan fingerprint density at radius 2 is 1.55 bits per heavy atom. The molecule has 0 heterocycles. The van der Waals surface area contributed by atoms with Gasteiger partial charge in [0.05, 0.1) is 5.75 Å². The van der Waals surface area contributed by atoms with Crippen LogP contribution < -0.4 is 10.0 Å². The summed E-state index contributed by atoms with van der Waals surface area (Å²) >= 11 is 0. The zero-order valence-electron chi connectivity index (χ0n) is 14.0. The van der Waals surface area contributed by atoms with E-state index in [2.05, 4.69) is 51.6 Å². The molecule has 0 aromatic carbocycles. The van der Waals surface area contributed by atoms with Crippen molar-refractivity contribution in [1.29, 1.82) is 0 Å². The predicted molar refractivity (Wildman–Crippen MR) is 85.3 cm³/mol. The highest BCUT2D eigenvalue weighted by atomic mass is 32.2. The molecule has 0 saturated heterocycles. The van der Waals surface area contributed by atoms with Gasteiger partial charge in [0.25, 0.3) is 0 Å². The molecule has 0 unspecified atom stereocenters. The number of rotatable bonds is 7. The SMILES string of the molecule is CC(C)(C)NCCCCS(=O)(=O)NC1(C(C)(C)C)CC1. The summed E-state index contributed by atoms with van der Waals surface area (Å²) < 4.78 is 27.3. The van der Waals surface area contributed by atoms with Crippen molar-refractivity contribution in [3.8, 4) is 0 Å². The van der Waals surface area contributed by atoms with Gasteiger partial charge in [0.15, 0.2) is 0 Å². The fourth-order valence-corrected chi connectivity index (χ4v) is 4.15. The molecule has 0 bridgehead atoms. The molecular weight excluding hydrogens is 272 g/mol. The Balaban J connectivity index is 2.33. The Kier molecular flexibility index (Phi) is 5.32. The first-order chi connectivity index (χ1) is 8.87. The van der Waals surface area contributed by atoms with Gasteiger partial charge in [0.2, 0.25) is 10.0 Å². The molecule has 0 atom stereocenters. The summed E-state index contributed by atoms with van der Waals surface area (Å²) in [5, 5.41) is 3.38. The quantitative estimate of drug-likeness (QED) is 0.711. The molecule has 0 spiro atoms. The summed E-state index contributed by atoms with van der Waals surface area (Å²) in [6.45, 7) is 13.5. The smallest absolute Gasteiger partial charge is 0.212 e. The average Bonchev–Trinajstić information content (AvgIpc) is 2.94. The summed E-state index contributed by atoms with van der Waals surface area (Å²) in [6, 6.07) is 0. The molecular formula is C15H32N2O2S. The van der Waals surface area contributed by atoms with Crippen LogP contribution in [0.2, 0.25) is 0 Å². The highest BCUT2D eigenvalue weighted by molar-refractivity contribution is 7.89. The van der Waals surface area contributed by atoms with Crippen LogP contribution in [-0.2, 0) is 10.0 Å². The van der Waals surface area contributed by atoms with E-state index in [-0.39, 0.29) is 22.2 Å². The predicted octanol–water partition coefficient (Wildman–Crippen LogP) is 2.65. The van der Waals surface area contributed by atoms with Gasteiger partial charge in [-0.1, -0.05) is 20.8 Å². The Morgan fingerprint density at radius 3 is 1.95 bits per heavy atom. The fraction of sp³-hybridized carbons (Fsp3) is 1.00. The summed E-state index contributed by atoms with van der Waals surface area (Å²) in [5.74, 6) is 0.233. The molecule has 2 N–H and O–H groups in total. The van der Waals surface area contributed by atoms with Crippen molar-refractivity contribution in [1.82, 2.24) is 10.0 Å². The monoisotopic (exact) mass is 304 g/mol. The number of unbranched alkanes of at least 4 members (excludes halogenated alkanes) is 1. The number of sulfonamides is 1. The minimum Gasteiger partial charge on any atom is -0.312 e. The molecule has 120 valence electrons. The second-order valence-electron chi connectivity index (χ2n) is 8.14. The van der Waals surface area contributed by atoms with Crippen molar-refractivity contribution >= 4 is 10.0 Å². The van der Waals surface area contributed by atoms with E-state index < -0.39 is 10.0 Å². The van der Waals surface area contributed by atoms with E-state index in [1.807, 2.05) is 0 Å². The van der Waals surface area contributed by atoms with Crippen LogP contribution in [0.5, 0.6) is 0 Å². The first-order valence-electron chi connectivity index (χ1n) is 7.64. The van der Waals surface area contributed by atoms with Crippen LogP contribution in [0.15, 0.2) is 0 Å². The largest absolute Gasteiger partial charge is 0.312 e. The number of hydrogen-bond acceptors (Lipinski definition) is 3. The van der Waals surface area contributed by atoms with Crippen LogP contribution in [-0.4, -0.2) is 31.8 Å². The van der Waals surface area contributed by atoms with E-state index >= 15 is 0 Å². The molecule has 1 rings (SSSR count). The lowest BCUT2D eigenvalue weighted by Crippen LogP contribution is -2.46. The summed E-state index contributed by atoms with van der Waals surface area (Å²) in [4.78, 5) is 0. The Morgan fingerprint density at radius 1 is 1.00 bits per heavy atom. The lowest BCUT2D eigenvalue weighted by molar-refractivity contribution is 0.278. The number of hydrogen-bond donors (Lipinski definition) is 2. The van der Waals surface area contributed by atoms with Gasteiger partial charge in [-0.05, 0) is 58.4 Å². The van der Waals surface area contributed by atoms with Crippen molar-refractivity contribution in [2.75, 3.05) is 12.3 Å². The van der Waals surface area contributed by atoms with Crippen LogP contribution in [0, 0.1) is 5.41 Å². The number of nitrogens with one attached hydrogen (secondary N) is 2. The Bertz CT molecular complexity index is 412. The third-order valence-corrected chi connectivity index (χ3v) is 5.56. The second-order valence-corrected chi connectivity index (χ2v) is 9.98. The molecule has 0 amide bonds. The van der Waals surface area contributed by atoms with Crippen LogP contribution in [0.3, 0.4) is 0 Å². The third-order valence-electron chi connectivity index (χ3n) is 4.03. The highest BCUT2D eigenvalue weighted by Gasteiger charge is 2.53. The van der Waals surface area contributed by atoms with Gasteiger partial charge in [0, 0.05) is 11.1 Å². The van der Waals surface area contributed by atoms with Gasteiger partial charge in [-0.2, -0.15) is 0 Å². The second kappa shape index (κ2) is 5.93. The van der Waals surface area contributed by atoms with E-state index in [0.29, 0.717) is 6.42 Å². The molecule has 0 radical (unpaired) electrons. The molecule has 1 aliphatic rings. The van der Waals surface area contributed by atoms with Gasteiger partial charge in [0.1, 0.15) is 0 Å². The van der Waals surface area contributed by atoms with Gasteiger partial charge in [-0.25, -0.2) is 13.1 Å². The zero-order valence-corrected chi connectivity index (χ0v) is 14.8. The Labute approximate surface area is 125 Å². The molecule has 0 aromatic heterocycles. The van der Waals surface area contributed by atoms with Crippen molar-refractivity contribution in [2.24, 2.45) is 5.41 Å². The van der Waals surface area contributed by atoms with E-state index in [1.165, 1.54) is 0 Å². The molecule has 0 aromatic rings. The standard InChI is InChI=1S/C15H32N2O2S/c1-13(2,3)15(9-10-15)17-20(18,19)12-8-7-11-16-14(4,5)6/h16-17H,7-12H2,1-6H3. The van der Waals surface area contributed by atoms with Crippen molar-refractivity contribution < 1.29 is 8.42 Å². The minimum absolute atomic E-state index is 0.00609. The maximum atomic E-state index is 12.2. The van der Waals surface area contributed by atoms with E-state index in [4.69, 9.17) is 0 Å². The topological polar surface area (TPSA) is 58.2 Å². The summed E-state index contributed by atoms with van der Waals surface area (Å²) in [5.41, 5.74) is -0.106. The Hall–Kier alpha value is -0.130. The maximum absolute atomic E-state index is 12.2. The van der Waals surface area contributed by atoms with E-state index in [9.17, 15) is 8.42 Å². The van der Waals surface area contributed by atoms with E-state index in [1.54, 1.807) is 0 Å². The van der Waals surface area contributed by atoms with Gasteiger partial charge < -0.3 is 5.32 Å².